The molecule has 0 aliphatic heterocycles. The largest absolute Gasteiger partial charge is 0.462 e. The molecule has 0 atom stereocenters. The highest BCUT2D eigenvalue weighted by Crippen LogP contribution is 2.14. The van der Waals surface area contributed by atoms with E-state index in [9.17, 15) is 9.59 Å². The van der Waals surface area contributed by atoms with Crippen LogP contribution in [0.3, 0.4) is 0 Å². The predicted octanol–water partition coefficient (Wildman–Crippen LogP) is 3.59. The quantitative estimate of drug-likeness (QED) is 0.418. The Morgan fingerprint density at radius 3 is 2.67 bits per heavy atom. The average Bonchev–Trinajstić information content (AvgIpc) is 2.89. The van der Waals surface area contributed by atoms with Crippen LogP contribution in [0.2, 0.25) is 0 Å². The monoisotopic (exact) mass is 280 g/mol. The summed E-state index contributed by atoms with van der Waals surface area (Å²) in [5.41, 5.74) is -0.170. The van der Waals surface area contributed by atoms with E-state index in [4.69, 9.17) is 8.83 Å². The maximum atomic E-state index is 12.1. The minimum Gasteiger partial charge on any atom is -0.462 e. The molecule has 1 aromatic carbocycles. The number of para-hydroxylation sites is 1. The van der Waals surface area contributed by atoms with Crippen LogP contribution in [0.1, 0.15) is 21.9 Å². The van der Waals surface area contributed by atoms with E-state index in [0.717, 1.165) is 5.76 Å². The van der Waals surface area contributed by atoms with Gasteiger partial charge in [-0.3, -0.25) is 4.79 Å². The fourth-order valence-electron chi connectivity index (χ4n) is 2.02. The van der Waals surface area contributed by atoms with Gasteiger partial charge in [-0.25, -0.2) is 4.79 Å². The first-order valence-electron chi connectivity index (χ1n) is 6.45. The molecule has 0 fully saturated rings. The van der Waals surface area contributed by atoms with E-state index in [-0.39, 0.29) is 5.56 Å². The Bertz CT molecular complexity index is 896. The first-order valence-corrected chi connectivity index (χ1v) is 6.45. The molecule has 0 aliphatic rings. The van der Waals surface area contributed by atoms with Crippen molar-refractivity contribution < 1.29 is 13.6 Å². The number of hydrogen-bond acceptors (Lipinski definition) is 4. The van der Waals surface area contributed by atoms with Gasteiger partial charge in [-0.2, -0.15) is 0 Å². The van der Waals surface area contributed by atoms with Crippen LogP contribution >= 0.6 is 0 Å². The first-order chi connectivity index (χ1) is 10.1. The zero-order valence-corrected chi connectivity index (χ0v) is 11.3. The van der Waals surface area contributed by atoms with E-state index in [1.165, 1.54) is 12.2 Å². The van der Waals surface area contributed by atoms with Crippen LogP contribution in [0, 0.1) is 6.92 Å². The highest BCUT2D eigenvalue weighted by atomic mass is 16.4. The van der Waals surface area contributed by atoms with Gasteiger partial charge in [0.2, 0.25) is 0 Å². The van der Waals surface area contributed by atoms with Crippen LogP contribution in [0.4, 0.5) is 0 Å². The normalized spacial score (nSPS) is 11.3. The summed E-state index contributed by atoms with van der Waals surface area (Å²) in [5.74, 6) is 0.905. The SMILES string of the molecule is Cc1ccc(/C=C/C(=O)c2cc3ccccc3oc2=O)o1. The van der Waals surface area contributed by atoms with Gasteiger partial charge in [0.1, 0.15) is 22.7 Å². The van der Waals surface area contributed by atoms with Crippen molar-refractivity contribution in [1.82, 2.24) is 0 Å². The molecule has 0 amide bonds. The number of fused-ring (bicyclic) bond motifs is 1. The molecule has 4 nitrogen and oxygen atoms in total. The molecule has 0 unspecified atom stereocenters. The molecule has 21 heavy (non-hydrogen) atoms. The number of carbonyl (C=O) groups excluding carboxylic acids is 1. The molecule has 0 saturated heterocycles. The van der Waals surface area contributed by atoms with E-state index in [1.54, 1.807) is 36.4 Å². The Morgan fingerprint density at radius 2 is 1.90 bits per heavy atom. The van der Waals surface area contributed by atoms with Crippen LogP contribution in [-0.2, 0) is 0 Å². The summed E-state index contributed by atoms with van der Waals surface area (Å²) >= 11 is 0. The Hall–Kier alpha value is -2.88. The van der Waals surface area contributed by atoms with E-state index < -0.39 is 11.4 Å². The van der Waals surface area contributed by atoms with Crippen LogP contribution in [0.15, 0.2) is 62.2 Å². The summed E-state index contributed by atoms with van der Waals surface area (Å²) in [6, 6.07) is 12.2. The molecular weight excluding hydrogens is 268 g/mol. The lowest BCUT2D eigenvalue weighted by molar-refractivity contribution is 0.104. The summed E-state index contributed by atoms with van der Waals surface area (Å²) in [7, 11) is 0. The van der Waals surface area contributed by atoms with E-state index in [2.05, 4.69) is 0 Å². The van der Waals surface area contributed by atoms with Crippen molar-refractivity contribution in [3.63, 3.8) is 0 Å². The zero-order chi connectivity index (χ0) is 14.8. The van der Waals surface area contributed by atoms with Crippen molar-refractivity contribution >= 4 is 22.8 Å². The van der Waals surface area contributed by atoms with Crippen LogP contribution < -0.4 is 5.63 Å². The summed E-state index contributed by atoms with van der Waals surface area (Å²) in [6.07, 6.45) is 2.84. The molecular formula is C17H12O4. The zero-order valence-electron chi connectivity index (χ0n) is 11.3. The second-order valence-corrected chi connectivity index (χ2v) is 4.63. The number of hydrogen-bond donors (Lipinski definition) is 0. The molecule has 0 N–H and O–H groups in total. The number of carbonyl (C=O) groups is 1. The van der Waals surface area contributed by atoms with Gasteiger partial charge >= 0.3 is 5.63 Å². The summed E-state index contributed by atoms with van der Waals surface area (Å²) in [5, 5.41) is 0.711. The van der Waals surface area contributed by atoms with Gasteiger partial charge in [0.15, 0.2) is 5.78 Å². The molecule has 104 valence electrons. The van der Waals surface area contributed by atoms with Crippen LogP contribution in [0.25, 0.3) is 17.0 Å². The number of furan rings is 1. The van der Waals surface area contributed by atoms with Crippen molar-refractivity contribution in [2.45, 2.75) is 6.92 Å². The topological polar surface area (TPSA) is 60.4 Å². The number of allylic oxidation sites excluding steroid dienone is 1. The average molecular weight is 280 g/mol. The third-order valence-electron chi connectivity index (χ3n) is 3.07. The molecule has 3 rings (SSSR count). The molecule has 2 aromatic heterocycles. The van der Waals surface area contributed by atoms with Gasteiger partial charge in [-0.15, -0.1) is 0 Å². The van der Waals surface area contributed by atoms with Gasteiger partial charge in [0.05, 0.1) is 0 Å². The summed E-state index contributed by atoms with van der Waals surface area (Å²) in [4.78, 5) is 23.9. The van der Waals surface area contributed by atoms with Gasteiger partial charge in [-0.05, 0) is 43.3 Å². The Kier molecular flexibility index (Phi) is 3.28. The lowest BCUT2D eigenvalue weighted by atomic mass is 10.1. The predicted molar refractivity (Wildman–Crippen MR) is 79.3 cm³/mol. The minimum absolute atomic E-state index is 0.00762. The number of benzene rings is 1. The first kappa shape index (κ1) is 13.1. The van der Waals surface area contributed by atoms with Crippen molar-refractivity contribution in [2.75, 3.05) is 0 Å². The van der Waals surface area contributed by atoms with E-state index in [0.29, 0.717) is 16.7 Å². The second-order valence-electron chi connectivity index (χ2n) is 4.63. The molecule has 3 aromatic rings. The molecule has 0 spiro atoms. The molecule has 2 heterocycles. The standard InChI is InChI=1S/C17H12O4/c1-11-6-7-13(20-11)8-9-15(18)14-10-12-4-2-3-5-16(12)21-17(14)19/h2-10H,1H3/b9-8+. The number of aryl methyl sites for hydroxylation is 1. The third kappa shape index (κ3) is 2.69. The Balaban J connectivity index is 1.96. The number of rotatable bonds is 3. The number of ketones is 1. The molecule has 4 heteroatoms. The van der Waals surface area contributed by atoms with Crippen molar-refractivity contribution in [1.29, 1.82) is 0 Å². The molecule has 0 aliphatic carbocycles. The van der Waals surface area contributed by atoms with Crippen LogP contribution in [0.5, 0.6) is 0 Å². The smallest absolute Gasteiger partial charge is 0.347 e. The third-order valence-corrected chi connectivity index (χ3v) is 3.07. The Morgan fingerprint density at radius 1 is 1.10 bits per heavy atom. The fourth-order valence-corrected chi connectivity index (χ4v) is 2.02. The molecule has 0 bridgehead atoms. The van der Waals surface area contributed by atoms with Crippen molar-refractivity contribution in [3.05, 3.63) is 76.0 Å². The van der Waals surface area contributed by atoms with E-state index >= 15 is 0 Å². The minimum atomic E-state index is -0.640. The van der Waals surface area contributed by atoms with Gasteiger partial charge in [0.25, 0.3) is 0 Å². The molecule has 0 radical (unpaired) electrons. The Labute approximate surface area is 120 Å². The maximum absolute atomic E-state index is 12.1. The van der Waals surface area contributed by atoms with Crippen molar-refractivity contribution in [2.24, 2.45) is 0 Å². The van der Waals surface area contributed by atoms with Gasteiger partial charge in [-0.1, -0.05) is 18.2 Å². The highest BCUT2D eigenvalue weighted by Gasteiger charge is 2.11. The summed E-state index contributed by atoms with van der Waals surface area (Å²) in [6.45, 7) is 1.82. The lowest BCUT2D eigenvalue weighted by Crippen LogP contribution is -2.11. The van der Waals surface area contributed by atoms with Gasteiger partial charge in [0, 0.05) is 5.39 Å². The fraction of sp³-hybridized carbons (Fsp3) is 0.0588. The lowest BCUT2D eigenvalue weighted by Gasteiger charge is -1.98. The van der Waals surface area contributed by atoms with E-state index in [1.807, 2.05) is 13.0 Å². The maximum Gasteiger partial charge on any atom is 0.347 e. The highest BCUT2D eigenvalue weighted by molar-refractivity contribution is 6.07. The van der Waals surface area contributed by atoms with Gasteiger partial charge < -0.3 is 8.83 Å². The second kappa shape index (κ2) is 5.25. The van der Waals surface area contributed by atoms with Crippen molar-refractivity contribution in [3.8, 4) is 0 Å². The van der Waals surface area contributed by atoms with Crippen LogP contribution in [-0.4, -0.2) is 5.78 Å². The molecule has 0 saturated carbocycles. The summed E-state index contributed by atoms with van der Waals surface area (Å²) < 4.78 is 10.5.